The van der Waals surface area contributed by atoms with Crippen molar-refractivity contribution in [1.29, 1.82) is 0 Å². The Hall–Kier alpha value is -3.04. The van der Waals surface area contributed by atoms with E-state index >= 15 is 0 Å². The lowest BCUT2D eigenvalue weighted by atomic mass is 10.1. The first-order valence-electron chi connectivity index (χ1n) is 10.9. The molecule has 8 heteroatoms. The summed E-state index contributed by atoms with van der Waals surface area (Å²) in [4.78, 5) is 14.6. The first-order valence-corrected chi connectivity index (χ1v) is 14.2. The number of aromatic nitrogens is 4. The van der Waals surface area contributed by atoms with Gasteiger partial charge in [0.1, 0.15) is 11.4 Å². The standard InChI is InChI=1S/C26H16N4S4/c1-13-21-14(2)23(16-12-30-18-8-4-6-10-20(18)32-26(30)28-16)34-24(21)33-22(13)15-11-29-17-7-3-5-9-19(17)31-25(29)27-15/h3-12H,1-2H3. The number of thiophene rings is 2. The highest BCUT2D eigenvalue weighted by Crippen LogP contribution is 2.48. The molecule has 6 heterocycles. The molecule has 0 amide bonds. The van der Waals surface area contributed by atoms with Gasteiger partial charge in [-0.1, -0.05) is 46.9 Å². The van der Waals surface area contributed by atoms with Crippen LogP contribution >= 0.6 is 45.3 Å². The summed E-state index contributed by atoms with van der Waals surface area (Å²) in [5.74, 6) is 0. The van der Waals surface area contributed by atoms with E-state index in [1.807, 2.05) is 22.7 Å². The fourth-order valence-corrected chi connectivity index (χ4v) is 9.67. The largest absolute Gasteiger partial charge is 0.290 e. The maximum atomic E-state index is 5.00. The topological polar surface area (TPSA) is 34.6 Å². The molecule has 0 aliphatic rings. The zero-order valence-electron chi connectivity index (χ0n) is 18.2. The summed E-state index contributed by atoms with van der Waals surface area (Å²) in [5.41, 5.74) is 7.23. The Balaban J connectivity index is 1.27. The second-order valence-electron chi connectivity index (χ2n) is 8.47. The number of nitrogens with zero attached hydrogens (tertiary/aromatic N) is 4. The molecule has 0 saturated carbocycles. The molecule has 0 saturated heterocycles. The van der Waals surface area contributed by atoms with Crippen molar-refractivity contribution in [3.63, 3.8) is 0 Å². The maximum Gasteiger partial charge on any atom is 0.195 e. The Morgan fingerprint density at radius 2 is 1.09 bits per heavy atom. The zero-order valence-corrected chi connectivity index (χ0v) is 21.5. The summed E-state index contributed by atoms with van der Waals surface area (Å²) in [6, 6.07) is 17.0. The van der Waals surface area contributed by atoms with Gasteiger partial charge < -0.3 is 0 Å². The van der Waals surface area contributed by atoms with Gasteiger partial charge in [0, 0.05) is 17.8 Å². The van der Waals surface area contributed by atoms with E-state index in [1.54, 1.807) is 22.7 Å². The number of hydrogen-bond donors (Lipinski definition) is 0. The summed E-state index contributed by atoms with van der Waals surface area (Å²) in [6.45, 7) is 4.48. The van der Waals surface area contributed by atoms with Crippen molar-refractivity contribution in [2.24, 2.45) is 0 Å². The average molecular weight is 513 g/mol. The van der Waals surface area contributed by atoms with E-state index < -0.39 is 0 Å². The lowest BCUT2D eigenvalue weighted by Gasteiger charge is -1.98. The van der Waals surface area contributed by atoms with Crippen molar-refractivity contribution in [3.05, 3.63) is 72.1 Å². The molecule has 8 rings (SSSR count). The second-order valence-corrected chi connectivity index (χ2v) is 12.8. The quantitative estimate of drug-likeness (QED) is 0.232. The van der Waals surface area contributed by atoms with Crippen molar-refractivity contribution in [2.75, 3.05) is 0 Å². The molecule has 0 bridgehead atoms. The number of benzene rings is 2. The van der Waals surface area contributed by atoms with Crippen LogP contribution in [0.1, 0.15) is 11.1 Å². The zero-order chi connectivity index (χ0) is 22.6. The highest BCUT2D eigenvalue weighted by atomic mass is 32.2. The number of rotatable bonds is 2. The molecule has 8 aromatic rings. The minimum absolute atomic E-state index is 1.05. The van der Waals surface area contributed by atoms with Gasteiger partial charge in [-0.2, -0.15) is 0 Å². The monoisotopic (exact) mass is 512 g/mol. The average Bonchev–Trinajstić information content (AvgIpc) is 3.63. The summed E-state index contributed by atoms with van der Waals surface area (Å²) < 4.78 is 8.34. The van der Waals surface area contributed by atoms with E-state index in [2.05, 4.69) is 83.6 Å². The van der Waals surface area contributed by atoms with E-state index in [1.165, 1.54) is 50.7 Å². The van der Waals surface area contributed by atoms with Gasteiger partial charge in [0.05, 0.1) is 34.2 Å². The smallest absolute Gasteiger partial charge is 0.195 e. The molecular weight excluding hydrogens is 497 g/mol. The van der Waals surface area contributed by atoms with Crippen LogP contribution in [0.5, 0.6) is 0 Å². The maximum absolute atomic E-state index is 5.00. The third-order valence-corrected chi connectivity index (χ3v) is 11.3. The van der Waals surface area contributed by atoms with E-state index in [4.69, 9.17) is 9.97 Å². The van der Waals surface area contributed by atoms with Crippen LogP contribution in [0.4, 0.5) is 0 Å². The number of thiazole rings is 2. The molecule has 0 aliphatic heterocycles. The predicted molar refractivity (Wildman–Crippen MR) is 148 cm³/mol. The number of aryl methyl sites for hydroxylation is 2. The Morgan fingerprint density at radius 1 is 0.618 bits per heavy atom. The SMILES string of the molecule is Cc1c(-c2cn3c(n2)sc2ccccc23)sc2sc(-c3cn4c(n3)sc3ccccc34)c(C)c12. The number of hydrogen-bond acceptors (Lipinski definition) is 6. The van der Waals surface area contributed by atoms with Crippen LogP contribution in [-0.4, -0.2) is 18.8 Å². The highest BCUT2D eigenvalue weighted by Gasteiger charge is 2.22. The van der Waals surface area contributed by atoms with Gasteiger partial charge in [0.15, 0.2) is 9.92 Å². The first-order chi connectivity index (χ1) is 16.7. The van der Waals surface area contributed by atoms with Gasteiger partial charge in [0.25, 0.3) is 0 Å². The van der Waals surface area contributed by atoms with Crippen LogP contribution in [0, 0.1) is 13.8 Å². The van der Waals surface area contributed by atoms with E-state index in [0.717, 1.165) is 21.3 Å². The summed E-state index contributed by atoms with van der Waals surface area (Å²) in [7, 11) is 0. The van der Waals surface area contributed by atoms with Gasteiger partial charge in [-0.25, -0.2) is 9.97 Å². The summed E-state index contributed by atoms with van der Waals surface area (Å²) >= 11 is 7.21. The van der Waals surface area contributed by atoms with Gasteiger partial charge in [-0.3, -0.25) is 8.80 Å². The molecule has 4 nitrogen and oxygen atoms in total. The van der Waals surface area contributed by atoms with E-state index in [-0.39, 0.29) is 0 Å². The Morgan fingerprint density at radius 3 is 1.56 bits per heavy atom. The number of para-hydroxylation sites is 2. The molecule has 164 valence electrons. The van der Waals surface area contributed by atoms with Crippen LogP contribution < -0.4 is 0 Å². The fraction of sp³-hybridized carbons (Fsp3) is 0.0769. The van der Waals surface area contributed by atoms with Crippen LogP contribution in [0.3, 0.4) is 0 Å². The van der Waals surface area contributed by atoms with E-state index in [9.17, 15) is 0 Å². The summed E-state index contributed by atoms with van der Waals surface area (Å²) in [5, 5.41) is 1.36. The van der Waals surface area contributed by atoms with Crippen LogP contribution in [-0.2, 0) is 0 Å². The van der Waals surface area contributed by atoms with Crippen LogP contribution in [0.25, 0.3) is 60.9 Å². The van der Waals surface area contributed by atoms with Crippen molar-refractivity contribution in [1.82, 2.24) is 18.8 Å². The summed E-state index contributed by atoms with van der Waals surface area (Å²) in [6.07, 6.45) is 4.39. The molecule has 0 radical (unpaired) electrons. The molecule has 0 unspecified atom stereocenters. The van der Waals surface area contributed by atoms with Gasteiger partial charge >= 0.3 is 0 Å². The normalized spacial score (nSPS) is 12.4. The van der Waals surface area contributed by atoms with Gasteiger partial charge in [-0.05, 0) is 49.2 Å². The Kier molecular flexibility index (Phi) is 3.84. The predicted octanol–water partition coefficient (Wildman–Crippen LogP) is 8.64. The van der Waals surface area contributed by atoms with Crippen molar-refractivity contribution in [2.45, 2.75) is 13.8 Å². The third-order valence-electron chi connectivity index (χ3n) is 6.49. The lowest BCUT2D eigenvalue weighted by molar-refractivity contribution is 1.30. The molecule has 0 spiro atoms. The molecule has 6 aromatic heterocycles. The number of fused-ring (bicyclic) bond motifs is 7. The molecule has 0 atom stereocenters. The second kappa shape index (κ2) is 6.76. The van der Waals surface area contributed by atoms with Crippen molar-refractivity contribution >= 4 is 85.1 Å². The molecule has 0 fully saturated rings. The van der Waals surface area contributed by atoms with Gasteiger partial charge in [0.2, 0.25) is 0 Å². The van der Waals surface area contributed by atoms with Crippen molar-refractivity contribution < 1.29 is 0 Å². The molecular formula is C26H16N4S4. The number of imidazole rings is 2. The third kappa shape index (κ3) is 2.51. The molecule has 2 aromatic carbocycles. The van der Waals surface area contributed by atoms with Crippen molar-refractivity contribution in [3.8, 4) is 21.1 Å². The Bertz CT molecular complexity index is 1910. The molecule has 0 N–H and O–H groups in total. The van der Waals surface area contributed by atoms with E-state index in [0.29, 0.717) is 0 Å². The van der Waals surface area contributed by atoms with Gasteiger partial charge in [-0.15, -0.1) is 22.7 Å². The highest BCUT2D eigenvalue weighted by molar-refractivity contribution is 7.41. The first kappa shape index (κ1) is 19.3. The minimum atomic E-state index is 1.05. The molecule has 0 aliphatic carbocycles. The fourth-order valence-electron chi connectivity index (χ4n) is 4.88. The molecule has 34 heavy (non-hydrogen) atoms. The van der Waals surface area contributed by atoms with Crippen LogP contribution in [0.15, 0.2) is 60.9 Å². The lowest BCUT2D eigenvalue weighted by Crippen LogP contribution is -1.80. The minimum Gasteiger partial charge on any atom is -0.290 e. The Labute approximate surface area is 210 Å². The van der Waals surface area contributed by atoms with Crippen LogP contribution in [0.2, 0.25) is 0 Å².